The van der Waals surface area contributed by atoms with Crippen LogP contribution in [-0.4, -0.2) is 39.9 Å². The summed E-state index contributed by atoms with van der Waals surface area (Å²) >= 11 is 0. The van der Waals surface area contributed by atoms with Crippen LogP contribution in [-0.2, 0) is 25.4 Å². The molecule has 8 nitrogen and oxygen atoms in total. The summed E-state index contributed by atoms with van der Waals surface area (Å²) < 4.78 is 31.7. The van der Waals surface area contributed by atoms with Gasteiger partial charge < -0.3 is 15.0 Å². The van der Waals surface area contributed by atoms with E-state index in [1.165, 1.54) is 6.08 Å². The van der Waals surface area contributed by atoms with Gasteiger partial charge >= 0.3 is 0 Å². The molecule has 2 N–H and O–H groups in total. The molecule has 0 saturated carbocycles. The normalized spacial score (nSPS) is 13.8. The third-order valence-electron chi connectivity index (χ3n) is 4.63. The number of sulfonamides is 1. The number of ether oxygens (including phenoxy) is 1. The fraction of sp³-hybridized carbons (Fsp3) is 0.273. The highest BCUT2D eigenvalue weighted by Gasteiger charge is 2.21. The van der Waals surface area contributed by atoms with Crippen molar-refractivity contribution >= 4 is 33.2 Å². The van der Waals surface area contributed by atoms with Crippen molar-refractivity contribution in [2.75, 3.05) is 29.9 Å². The molecule has 1 aliphatic rings. The number of carbonyl (C=O) groups excluding carboxylic acids is 2. The Morgan fingerprint density at radius 1 is 1.13 bits per heavy atom. The number of nitrogens with zero attached hydrogens (tertiary/aromatic N) is 1. The summed E-state index contributed by atoms with van der Waals surface area (Å²) in [5.41, 5.74) is 1.96. The van der Waals surface area contributed by atoms with Crippen molar-refractivity contribution in [2.24, 2.45) is 0 Å². The molecule has 0 aromatic heterocycles. The van der Waals surface area contributed by atoms with Crippen LogP contribution in [0.25, 0.3) is 0 Å². The van der Waals surface area contributed by atoms with Crippen molar-refractivity contribution in [3.8, 4) is 5.75 Å². The highest BCUT2D eigenvalue weighted by molar-refractivity contribution is 7.88. The van der Waals surface area contributed by atoms with Gasteiger partial charge in [0.15, 0.2) is 6.61 Å². The molecule has 0 radical (unpaired) electrons. The van der Waals surface area contributed by atoms with Crippen LogP contribution >= 0.6 is 0 Å². The van der Waals surface area contributed by atoms with Gasteiger partial charge in [-0.15, -0.1) is 6.58 Å². The first-order chi connectivity index (χ1) is 14.9. The van der Waals surface area contributed by atoms with E-state index in [-0.39, 0.29) is 30.7 Å². The first-order valence-electron chi connectivity index (χ1n) is 9.86. The van der Waals surface area contributed by atoms with Crippen LogP contribution < -0.4 is 19.7 Å². The fourth-order valence-corrected chi connectivity index (χ4v) is 4.24. The maximum absolute atomic E-state index is 12.1. The maximum atomic E-state index is 12.1. The van der Waals surface area contributed by atoms with Crippen LogP contribution in [0, 0.1) is 0 Å². The van der Waals surface area contributed by atoms with Gasteiger partial charge in [-0.3, -0.25) is 9.59 Å². The zero-order chi connectivity index (χ0) is 22.3. The molecule has 0 aliphatic carbocycles. The van der Waals surface area contributed by atoms with Gasteiger partial charge in [-0.25, -0.2) is 13.1 Å². The summed E-state index contributed by atoms with van der Waals surface area (Å²) in [6, 6.07) is 13.6. The predicted octanol–water partition coefficient (Wildman–Crippen LogP) is 2.44. The molecule has 1 heterocycles. The van der Waals surface area contributed by atoms with E-state index in [1.807, 2.05) is 0 Å². The van der Waals surface area contributed by atoms with Crippen LogP contribution in [0.2, 0.25) is 0 Å². The summed E-state index contributed by atoms with van der Waals surface area (Å²) in [5, 5.41) is 2.70. The fourth-order valence-electron chi connectivity index (χ4n) is 3.13. The Balaban J connectivity index is 1.47. The maximum Gasteiger partial charge on any atom is 0.262 e. The van der Waals surface area contributed by atoms with Crippen molar-refractivity contribution in [1.82, 2.24) is 4.72 Å². The summed E-state index contributed by atoms with van der Waals surface area (Å²) in [7, 11) is -3.43. The van der Waals surface area contributed by atoms with Gasteiger partial charge in [-0.1, -0.05) is 18.2 Å². The second kappa shape index (κ2) is 10.2. The highest BCUT2D eigenvalue weighted by Crippen LogP contribution is 2.24. The molecule has 2 aromatic carbocycles. The molecule has 2 aromatic rings. The Hall–Kier alpha value is -3.17. The van der Waals surface area contributed by atoms with E-state index in [0.29, 0.717) is 23.4 Å². The van der Waals surface area contributed by atoms with E-state index in [9.17, 15) is 18.0 Å². The number of nitrogens with one attached hydrogen (secondary N) is 2. The van der Waals surface area contributed by atoms with E-state index in [4.69, 9.17) is 4.74 Å². The third-order valence-corrected chi connectivity index (χ3v) is 5.95. The lowest BCUT2D eigenvalue weighted by Gasteiger charge is -2.16. The highest BCUT2D eigenvalue weighted by atomic mass is 32.2. The van der Waals surface area contributed by atoms with E-state index in [0.717, 1.165) is 18.7 Å². The number of amides is 2. The Kier molecular flexibility index (Phi) is 7.43. The predicted molar refractivity (Wildman–Crippen MR) is 119 cm³/mol. The lowest BCUT2D eigenvalue weighted by molar-refractivity contribution is -0.118. The lowest BCUT2D eigenvalue weighted by Crippen LogP contribution is -2.25. The molecule has 31 heavy (non-hydrogen) atoms. The Morgan fingerprint density at radius 2 is 1.84 bits per heavy atom. The zero-order valence-electron chi connectivity index (χ0n) is 17.0. The summed E-state index contributed by atoms with van der Waals surface area (Å²) in [4.78, 5) is 25.7. The molecule has 0 spiro atoms. The second-order valence-electron chi connectivity index (χ2n) is 7.07. The summed E-state index contributed by atoms with van der Waals surface area (Å²) in [6.45, 7) is 4.19. The monoisotopic (exact) mass is 443 g/mol. The van der Waals surface area contributed by atoms with E-state index >= 15 is 0 Å². The minimum Gasteiger partial charge on any atom is -0.484 e. The van der Waals surface area contributed by atoms with E-state index < -0.39 is 10.0 Å². The molecule has 1 aliphatic heterocycles. The molecular formula is C22H25N3O5S. The molecule has 3 rings (SSSR count). The molecule has 2 amide bonds. The molecule has 9 heteroatoms. The summed E-state index contributed by atoms with van der Waals surface area (Å²) in [6.07, 6.45) is 2.91. The molecule has 0 unspecified atom stereocenters. The lowest BCUT2D eigenvalue weighted by atomic mass is 10.2. The van der Waals surface area contributed by atoms with Crippen molar-refractivity contribution in [2.45, 2.75) is 18.6 Å². The van der Waals surface area contributed by atoms with Crippen molar-refractivity contribution in [3.05, 3.63) is 66.7 Å². The van der Waals surface area contributed by atoms with Crippen molar-refractivity contribution < 1.29 is 22.7 Å². The van der Waals surface area contributed by atoms with E-state index in [1.54, 1.807) is 53.4 Å². The van der Waals surface area contributed by atoms with Crippen LogP contribution in [0.15, 0.2) is 61.2 Å². The minimum absolute atomic E-state index is 0.115. The van der Waals surface area contributed by atoms with E-state index in [2.05, 4.69) is 16.6 Å². The van der Waals surface area contributed by atoms with Gasteiger partial charge in [0.25, 0.3) is 5.91 Å². The number of hydrogen-bond donors (Lipinski definition) is 2. The Labute approximate surface area is 181 Å². The van der Waals surface area contributed by atoms with Crippen molar-refractivity contribution in [1.29, 1.82) is 0 Å². The standard InChI is InChI=1S/C22H25N3O5S/c1-2-13-23-31(28,29)16-17-5-7-18(8-6-17)24-21(26)15-30-20-11-9-19(10-12-20)25-14-3-4-22(25)27/h2,5-12,23H,1,3-4,13-16H2,(H,24,26). The molecule has 164 valence electrons. The quantitative estimate of drug-likeness (QED) is 0.549. The van der Waals surface area contributed by atoms with Gasteiger partial charge in [0.05, 0.1) is 5.75 Å². The first-order valence-corrected chi connectivity index (χ1v) is 11.5. The van der Waals surface area contributed by atoms with Crippen LogP contribution in [0.5, 0.6) is 5.75 Å². The number of anilines is 2. The SMILES string of the molecule is C=CCNS(=O)(=O)Cc1ccc(NC(=O)COc2ccc(N3CCCC3=O)cc2)cc1. The number of hydrogen-bond acceptors (Lipinski definition) is 5. The number of benzene rings is 2. The number of rotatable bonds is 10. The first kappa shape index (κ1) is 22.5. The Bertz CT molecular complexity index is 1030. The molecule has 1 fully saturated rings. The number of carbonyl (C=O) groups is 2. The Morgan fingerprint density at radius 3 is 2.45 bits per heavy atom. The van der Waals surface area contributed by atoms with Gasteiger partial charge in [0.2, 0.25) is 15.9 Å². The third kappa shape index (κ3) is 6.66. The van der Waals surface area contributed by atoms with Gasteiger partial charge in [0.1, 0.15) is 5.75 Å². The molecule has 0 atom stereocenters. The van der Waals surface area contributed by atoms with Crippen molar-refractivity contribution in [3.63, 3.8) is 0 Å². The topological polar surface area (TPSA) is 105 Å². The molecular weight excluding hydrogens is 418 g/mol. The van der Waals surface area contributed by atoms with Gasteiger partial charge in [-0.2, -0.15) is 0 Å². The van der Waals surface area contributed by atoms with Crippen LogP contribution in [0.4, 0.5) is 11.4 Å². The van der Waals surface area contributed by atoms with Crippen LogP contribution in [0.1, 0.15) is 18.4 Å². The molecule has 1 saturated heterocycles. The zero-order valence-corrected chi connectivity index (χ0v) is 17.9. The summed E-state index contributed by atoms with van der Waals surface area (Å²) in [5.74, 6) is 0.145. The molecule has 0 bridgehead atoms. The van der Waals surface area contributed by atoms with Gasteiger partial charge in [0, 0.05) is 30.9 Å². The minimum atomic E-state index is -3.43. The second-order valence-corrected chi connectivity index (χ2v) is 8.88. The largest absolute Gasteiger partial charge is 0.484 e. The average Bonchev–Trinajstić information content (AvgIpc) is 3.18. The van der Waals surface area contributed by atoms with Gasteiger partial charge in [-0.05, 0) is 48.4 Å². The van der Waals surface area contributed by atoms with Crippen LogP contribution in [0.3, 0.4) is 0 Å². The smallest absolute Gasteiger partial charge is 0.262 e. The average molecular weight is 444 g/mol.